The molecule has 28 heavy (non-hydrogen) atoms. The molecule has 0 saturated carbocycles. The maximum Gasteiger partial charge on any atom is 0.223 e. The van der Waals surface area contributed by atoms with Crippen molar-refractivity contribution >= 4 is 11.8 Å². The smallest absolute Gasteiger partial charge is 0.223 e. The summed E-state index contributed by atoms with van der Waals surface area (Å²) in [6.07, 6.45) is 12.9. The first-order valence-electron chi connectivity index (χ1n) is 10.9. The standard InChI is InChI=1S/C22H40N4O2/c1-3-5-7-11-21(27)23-13-9-15-25-17-19-26(20-18-25)16-10-14-24-22(28)12-8-6-4-2/h5-8H,3-4,9-20H2,1-2H3,(H,23,27)(H,24,28). The van der Waals surface area contributed by atoms with Gasteiger partial charge in [0.15, 0.2) is 0 Å². The molecule has 1 saturated heterocycles. The lowest BCUT2D eigenvalue weighted by Crippen LogP contribution is -2.47. The predicted molar refractivity (Wildman–Crippen MR) is 116 cm³/mol. The number of amides is 2. The average molecular weight is 393 g/mol. The SMILES string of the molecule is CCC=CCC(=O)NCCCN1CCN(CCCNC(=O)CC=CCC)CC1. The Morgan fingerprint density at radius 3 is 1.46 bits per heavy atom. The van der Waals surface area contributed by atoms with Crippen molar-refractivity contribution in [3.63, 3.8) is 0 Å². The summed E-state index contributed by atoms with van der Waals surface area (Å²) < 4.78 is 0. The largest absolute Gasteiger partial charge is 0.356 e. The van der Waals surface area contributed by atoms with Crippen molar-refractivity contribution in [3.8, 4) is 0 Å². The first-order valence-corrected chi connectivity index (χ1v) is 10.9. The highest BCUT2D eigenvalue weighted by molar-refractivity contribution is 5.77. The summed E-state index contributed by atoms with van der Waals surface area (Å²) in [5.41, 5.74) is 0. The van der Waals surface area contributed by atoms with Crippen LogP contribution in [0.3, 0.4) is 0 Å². The molecule has 0 aromatic heterocycles. The molecule has 1 fully saturated rings. The lowest BCUT2D eigenvalue weighted by atomic mass is 10.2. The Hall–Kier alpha value is -1.66. The first kappa shape index (κ1) is 24.4. The second kappa shape index (κ2) is 16.3. The molecular formula is C22H40N4O2. The van der Waals surface area contributed by atoms with Crippen molar-refractivity contribution in [2.24, 2.45) is 0 Å². The topological polar surface area (TPSA) is 64.7 Å². The minimum Gasteiger partial charge on any atom is -0.356 e. The van der Waals surface area contributed by atoms with Crippen molar-refractivity contribution < 1.29 is 9.59 Å². The van der Waals surface area contributed by atoms with Crippen molar-refractivity contribution in [2.75, 3.05) is 52.4 Å². The van der Waals surface area contributed by atoms with E-state index in [1.165, 1.54) is 0 Å². The number of carbonyl (C=O) groups is 2. The summed E-state index contributed by atoms with van der Waals surface area (Å²) in [7, 11) is 0. The monoisotopic (exact) mass is 392 g/mol. The van der Waals surface area contributed by atoms with E-state index in [-0.39, 0.29) is 11.8 Å². The van der Waals surface area contributed by atoms with E-state index >= 15 is 0 Å². The number of allylic oxidation sites excluding steroid dienone is 2. The van der Waals surface area contributed by atoms with Gasteiger partial charge in [0.25, 0.3) is 0 Å². The van der Waals surface area contributed by atoms with Gasteiger partial charge in [-0.15, -0.1) is 0 Å². The van der Waals surface area contributed by atoms with Crippen LogP contribution < -0.4 is 10.6 Å². The first-order chi connectivity index (χ1) is 13.7. The maximum atomic E-state index is 11.6. The number of nitrogens with zero attached hydrogens (tertiary/aromatic N) is 2. The van der Waals surface area contributed by atoms with Gasteiger partial charge in [0.05, 0.1) is 0 Å². The van der Waals surface area contributed by atoms with E-state index in [0.29, 0.717) is 12.8 Å². The van der Waals surface area contributed by atoms with Crippen molar-refractivity contribution in [3.05, 3.63) is 24.3 Å². The molecule has 6 nitrogen and oxygen atoms in total. The molecule has 0 bridgehead atoms. The second-order valence-corrected chi connectivity index (χ2v) is 7.26. The van der Waals surface area contributed by atoms with Gasteiger partial charge in [-0.2, -0.15) is 0 Å². The van der Waals surface area contributed by atoms with Crippen molar-refractivity contribution in [1.29, 1.82) is 0 Å². The number of carbonyl (C=O) groups excluding carboxylic acids is 2. The number of nitrogens with one attached hydrogen (secondary N) is 2. The summed E-state index contributed by atoms with van der Waals surface area (Å²) >= 11 is 0. The molecule has 0 aliphatic carbocycles. The Bertz CT molecular complexity index is 439. The molecule has 0 spiro atoms. The molecule has 160 valence electrons. The average Bonchev–Trinajstić information content (AvgIpc) is 2.70. The van der Waals surface area contributed by atoms with Crippen LogP contribution in [0.25, 0.3) is 0 Å². The lowest BCUT2D eigenvalue weighted by molar-refractivity contribution is -0.121. The van der Waals surface area contributed by atoms with Crippen LogP contribution >= 0.6 is 0 Å². The van der Waals surface area contributed by atoms with Gasteiger partial charge in [-0.1, -0.05) is 38.2 Å². The number of rotatable bonds is 14. The number of hydrogen-bond donors (Lipinski definition) is 2. The Labute approximate surface area is 171 Å². The zero-order valence-corrected chi connectivity index (χ0v) is 17.9. The molecule has 1 heterocycles. The van der Waals surface area contributed by atoms with Crippen molar-refractivity contribution in [2.45, 2.75) is 52.4 Å². The van der Waals surface area contributed by atoms with Crippen LogP contribution in [0.15, 0.2) is 24.3 Å². The fourth-order valence-electron chi connectivity index (χ4n) is 3.16. The molecular weight excluding hydrogens is 352 g/mol. The van der Waals surface area contributed by atoms with Crippen LogP contribution in [0.1, 0.15) is 52.4 Å². The van der Waals surface area contributed by atoms with Gasteiger partial charge >= 0.3 is 0 Å². The summed E-state index contributed by atoms with van der Waals surface area (Å²) in [6.45, 7) is 12.1. The van der Waals surface area contributed by atoms with E-state index < -0.39 is 0 Å². The minimum atomic E-state index is 0.114. The highest BCUT2D eigenvalue weighted by Crippen LogP contribution is 2.03. The zero-order chi connectivity index (χ0) is 20.5. The van der Waals surface area contributed by atoms with Gasteiger partial charge in [0, 0.05) is 52.1 Å². The highest BCUT2D eigenvalue weighted by Gasteiger charge is 2.15. The fourth-order valence-corrected chi connectivity index (χ4v) is 3.16. The normalized spacial score (nSPS) is 16.1. The van der Waals surface area contributed by atoms with Gasteiger partial charge in [0.2, 0.25) is 11.8 Å². The summed E-state index contributed by atoms with van der Waals surface area (Å²) in [5, 5.41) is 5.97. The summed E-state index contributed by atoms with van der Waals surface area (Å²) in [4.78, 5) is 28.2. The van der Waals surface area contributed by atoms with Gasteiger partial charge < -0.3 is 20.4 Å². The van der Waals surface area contributed by atoms with Gasteiger partial charge in [-0.25, -0.2) is 0 Å². The van der Waals surface area contributed by atoms with Crippen LogP contribution in [-0.4, -0.2) is 74.0 Å². The van der Waals surface area contributed by atoms with Crippen LogP contribution in [0.5, 0.6) is 0 Å². The Kier molecular flexibility index (Phi) is 14.2. The van der Waals surface area contributed by atoms with E-state index in [0.717, 1.165) is 78.0 Å². The quantitative estimate of drug-likeness (QED) is 0.352. The van der Waals surface area contributed by atoms with Crippen LogP contribution in [0.4, 0.5) is 0 Å². The highest BCUT2D eigenvalue weighted by atomic mass is 16.2. The summed E-state index contributed by atoms with van der Waals surface area (Å²) in [5.74, 6) is 0.228. The maximum absolute atomic E-state index is 11.6. The molecule has 0 unspecified atom stereocenters. The summed E-state index contributed by atoms with van der Waals surface area (Å²) in [6, 6.07) is 0. The van der Waals surface area contributed by atoms with E-state index in [9.17, 15) is 9.59 Å². The Morgan fingerprint density at radius 2 is 1.11 bits per heavy atom. The molecule has 0 aromatic carbocycles. The van der Waals surface area contributed by atoms with E-state index in [2.05, 4.69) is 34.3 Å². The molecule has 2 amide bonds. The van der Waals surface area contributed by atoms with E-state index in [4.69, 9.17) is 0 Å². The molecule has 0 atom stereocenters. The van der Waals surface area contributed by atoms with Crippen LogP contribution in [-0.2, 0) is 9.59 Å². The van der Waals surface area contributed by atoms with Crippen LogP contribution in [0, 0.1) is 0 Å². The van der Waals surface area contributed by atoms with Crippen LogP contribution in [0.2, 0.25) is 0 Å². The van der Waals surface area contributed by atoms with Gasteiger partial charge in [-0.3, -0.25) is 9.59 Å². The number of hydrogen-bond acceptors (Lipinski definition) is 4. The fraction of sp³-hybridized carbons (Fsp3) is 0.727. The van der Waals surface area contributed by atoms with Crippen molar-refractivity contribution in [1.82, 2.24) is 20.4 Å². The number of piperazine rings is 1. The zero-order valence-electron chi connectivity index (χ0n) is 17.9. The Balaban J connectivity index is 1.99. The third-order valence-corrected chi connectivity index (χ3v) is 4.82. The third-order valence-electron chi connectivity index (χ3n) is 4.82. The second-order valence-electron chi connectivity index (χ2n) is 7.26. The molecule has 2 N–H and O–H groups in total. The van der Waals surface area contributed by atoms with E-state index in [1.807, 2.05) is 24.3 Å². The molecule has 1 aliphatic heterocycles. The van der Waals surface area contributed by atoms with E-state index in [1.54, 1.807) is 0 Å². The molecule has 0 radical (unpaired) electrons. The molecule has 1 rings (SSSR count). The Morgan fingerprint density at radius 1 is 0.714 bits per heavy atom. The molecule has 1 aliphatic rings. The lowest BCUT2D eigenvalue weighted by Gasteiger charge is -2.34. The molecule has 6 heteroatoms. The van der Waals surface area contributed by atoms with Gasteiger partial charge in [-0.05, 0) is 38.8 Å². The third kappa shape index (κ3) is 12.7. The van der Waals surface area contributed by atoms with Gasteiger partial charge in [0.1, 0.15) is 0 Å². The predicted octanol–water partition coefficient (Wildman–Crippen LogP) is 2.33. The molecule has 0 aromatic rings. The minimum absolute atomic E-state index is 0.114.